The van der Waals surface area contributed by atoms with Crippen molar-refractivity contribution in [2.75, 3.05) is 6.54 Å². The van der Waals surface area contributed by atoms with Crippen LogP contribution in [0.2, 0.25) is 10.0 Å². The van der Waals surface area contributed by atoms with Crippen LogP contribution in [-0.4, -0.2) is 45.0 Å². The van der Waals surface area contributed by atoms with Crippen LogP contribution in [0.4, 0.5) is 5.69 Å². The molecule has 9 nitrogen and oxygen atoms in total. The van der Waals surface area contributed by atoms with Gasteiger partial charge in [0, 0.05) is 23.3 Å². The minimum Gasteiger partial charge on any atom is -0.292 e. The molecule has 6 atom stereocenters. The number of non-ortho nitro benzene ring substituents is 1. The molecule has 37 heavy (non-hydrogen) atoms. The highest BCUT2D eigenvalue weighted by Crippen LogP contribution is 2.65. The third-order valence-corrected chi connectivity index (χ3v) is 8.69. The summed E-state index contributed by atoms with van der Waals surface area (Å²) in [5.41, 5.74) is -0.296. The number of Topliss-reactive ketones (excluding diaryl/α,β-unsaturated/α-hetero) is 1. The van der Waals surface area contributed by atoms with Crippen molar-refractivity contribution >= 4 is 52.4 Å². The lowest BCUT2D eigenvalue weighted by Gasteiger charge is -2.37. The van der Waals surface area contributed by atoms with E-state index < -0.39 is 46.8 Å². The van der Waals surface area contributed by atoms with E-state index in [1.807, 2.05) is 12.2 Å². The molecule has 1 saturated heterocycles. The molecule has 0 aromatic heterocycles. The van der Waals surface area contributed by atoms with Crippen molar-refractivity contribution in [3.05, 3.63) is 85.9 Å². The Kier molecular flexibility index (Phi) is 5.47. The number of hydrogen-bond acceptors (Lipinski definition) is 6. The van der Waals surface area contributed by atoms with E-state index in [1.165, 1.54) is 36.4 Å². The van der Waals surface area contributed by atoms with Gasteiger partial charge in [0.2, 0.25) is 0 Å². The van der Waals surface area contributed by atoms with Crippen LogP contribution in [0.1, 0.15) is 27.1 Å². The van der Waals surface area contributed by atoms with Crippen molar-refractivity contribution in [3.63, 3.8) is 0 Å². The molecule has 7 rings (SSSR count). The normalized spacial score (nSPS) is 28.6. The van der Waals surface area contributed by atoms with Gasteiger partial charge in [-0.15, -0.1) is 0 Å². The SMILES string of the molecule is O=C(CN(C(=O)c1ccc(Cl)c(Cl)c1)N1C(=O)[C@@H]2[C@H]3C=C[C@@H]([C@@H]4C[C@H]34)[C@@H]2C1=O)c1cccc([N+](=O)[O-])c1. The van der Waals surface area contributed by atoms with Crippen LogP contribution in [0.5, 0.6) is 0 Å². The van der Waals surface area contributed by atoms with E-state index in [0.717, 1.165) is 22.5 Å². The standard InChI is InChI=1S/C26H19Cl2N3O6/c27-19-7-4-13(9-20(19)28)24(33)29(11-21(32)12-2-1-3-14(8-12)31(36)37)30-25(34)22-15-5-6-16(18-10-17(15)18)23(22)26(30)35/h1-9,15-18,22-23H,10-11H2/t15-,16-,17-,18+,22-,23+/m0/s1. The van der Waals surface area contributed by atoms with Gasteiger partial charge in [0.15, 0.2) is 5.78 Å². The average molecular weight is 540 g/mol. The third kappa shape index (κ3) is 3.67. The summed E-state index contributed by atoms with van der Waals surface area (Å²) in [5.74, 6) is -3.07. The van der Waals surface area contributed by atoms with Crippen molar-refractivity contribution in [1.82, 2.24) is 10.0 Å². The summed E-state index contributed by atoms with van der Waals surface area (Å²) in [4.78, 5) is 64.9. The van der Waals surface area contributed by atoms with E-state index in [0.29, 0.717) is 11.8 Å². The Morgan fingerprint density at radius 3 is 2.19 bits per heavy atom. The van der Waals surface area contributed by atoms with Gasteiger partial charge in [0.05, 0.1) is 26.8 Å². The van der Waals surface area contributed by atoms with E-state index in [9.17, 15) is 29.3 Å². The molecule has 0 radical (unpaired) electrons. The largest absolute Gasteiger partial charge is 0.292 e. The van der Waals surface area contributed by atoms with Gasteiger partial charge in [0.25, 0.3) is 23.4 Å². The second kappa shape index (κ2) is 8.49. The average Bonchev–Trinajstić information content (AvgIpc) is 3.67. The van der Waals surface area contributed by atoms with Gasteiger partial charge < -0.3 is 0 Å². The molecule has 0 spiro atoms. The van der Waals surface area contributed by atoms with Gasteiger partial charge in [-0.3, -0.25) is 29.3 Å². The zero-order valence-electron chi connectivity index (χ0n) is 19.1. The first-order chi connectivity index (χ1) is 17.7. The Morgan fingerprint density at radius 2 is 1.59 bits per heavy atom. The number of nitro groups is 1. The maximum atomic E-state index is 13.7. The minimum atomic E-state index is -0.789. The van der Waals surface area contributed by atoms with Crippen LogP contribution in [-0.2, 0) is 9.59 Å². The number of hydrogen-bond donors (Lipinski definition) is 0. The number of ketones is 1. The molecule has 188 valence electrons. The van der Waals surface area contributed by atoms with E-state index in [4.69, 9.17) is 23.2 Å². The van der Waals surface area contributed by atoms with Gasteiger partial charge >= 0.3 is 0 Å². The predicted octanol–water partition coefficient (Wildman–Crippen LogP) is 4.19. The maximum absolute atomic E-state index is 13.7. The number of carbonyl (C=O) groups excluding carboxylic acids is 4. The van der Waals surface area contributed by atoms with Crippen molar-refractivity contribution in [2.24, 2.45) is 35.5 Å². The van der Waals surface area contributed by atoms with Crippen molar-refractivity contribution < 1.29 is 24.1 Å². The van der Waals surface area contributed by atoms with Gasteiger partial charge in [-0.2, -0.15) is 5.01 Å². The van der Waals surface area contributed by atoms with Gasteiger partial charge in [-0.1, -0.05) is 47.5 Å². The molecule has 2 aromatic carbocycles. The molecule has 3 amide bonds. The molecule has 4 aliphatic carbocycles. The Bertz CT molecular complexity index is 1410. The first-order valence-electron chi connectivity index (χ1n) is 11.8. The van der Waals surface area contributed by atoms with Crippen LogP contribution in [0, 0.1) is 45.6 Å². The molecule has 2 saturated carbocycles. The molecule has 2 aromatic rings. The molecular formula is C26H19Cl2N3O6. The second-order valence-corrected chi connectivity index (χ2v) is 10.7. The highest BCUT2D eigenvalue weighted by Gasteiger charge is 2.68. The number of carbonyl (C=O) groups is 4. The van der Waals surface area contributed by atoms with Crippen LogP contribution in [0.15, 0.2) is 54.6 Å². The van der Waals surface area contributed by atoms with Gasteiger partial charge in [0.1, 0.15) is 6.54 Å². The number of nitrogens with zero attached hydrogens (tertiary/aromatic N) is 3. The number of amides is 3. The number of nitro benzene ring substituents is 1. The molecule has 2 bridgehead atoms. The highest BCUT2D eigenvalue weighted by molar-refractivity contribution is 6.42. The van der Waals surface area contributed by atoms with Crippen LogP contribution < -0.4 is 0 Å². The summed E-state index contributed by atoms with van der Waals surface area (Å²) in [6.45, 7) is -0.674. The first-order valence-corrected chi connectivity index (χ1v) is 12.5. The first kappa shape index (κ1) is 23.8. The maximum Gasteiger partial charge on any atom is 0.273 e. The topological polar surface area (TPSA) is 118 Å². The fraction of sp³-hybridized carbons (Fsp3) is 0.308. The summed E-state index contributed by atoms with van der Waals surface area (Å²) in [6, 6.07) is 9.16. The molecule has 0 unspecified atom stereocenters. The van der Waals surface area contributed by atoms with Crippen molar-refractivity contribution in [1.29, 1.82) is 0 Å². The highest BCUT2D eigenvalue weighted by atomic mass is 35.5. The second-order valence-electron chi connectivity index (χ2n) is 9.87. The van der Waals surface area contributed by atoms with E-state index >= 15 is 0 Å². The zero-order chi connectivity index (χ0) is 26.2. The third-order valence-electron chi connectivity index (χ3n) is 7.95. The summed E-state index contributed by atoms with van der Waals surface area (Å²) in [5, 5.41) is 13.1. The number of halogens is 2. The lowest BCUT2D eigenvalue weighted by molar-refractivity contribution is -0.384. The molecule has 0 N–H and O–H groups in total. The number of benzene rings is 2. The molecular weight excluding hydrogens is 521 g/mol. The van der Waals surface area contributed by atoms with E-state index in [-0.39, 0.29) is 38.7 Å². The summed E-state index contributed by atoms with van der Waals surface area (Å²) < 4.78 is 0. The quantitative estimate of drug-likeness (QED) is 0.178. The molecule has 11 heteroatoms. The Morgan fingerprint density at radius 1 is 0.946 bits per heavy atom. The number of allylic oxidation sites excluding steroid dienone is 2. The van der Waals surface area contributed by atoms with E-state index in [2.05, 4.69) is 0 Å². The molecule has 1 aliphatic heterocycles. The van der Waals surface area contributed by atoms with Crippen molar-refractivity contribution in [2.45, 2.75) is 6.42 Å². The monoisotopic (exact) mass is 539 g/mol. The summed E-state index contributed by atoms with van der Waals surface area (Å²) in [6.07, 6.45) is 5.00. The van der Waals surface area contributed by atoms with E-state index in [1.54, 1.807) is 0 Å². The van der Waals surface area contributed by atoms with Crippen molar-refractivity contribution in [3.8, 4) is 0 Å². The smallest absolute Gasteiger partial charge is 0.273 e. The summed E-state index contributed by atoms with van der Waals surface area (Å²) in [7, 11) is 0. The number of hydrazine groups is 1. The van der Waals surface area contributed by atoms with Crippen LogP contribution >= 0.6 is 23.2 Å². The lowest BCUT2D eigenvalue weighted by atomic mass is 9.63. The minimum absolute atomic E-state index is 0.0272. The Balaban J connectivity index is 1.37. The predicted molar refractivity (Wildman–Crippen MR) is 131 cm³/mol. The fourth-order valence-electron chi connectivity index (χ4n) is 6.21. The van der Waals surface area contributed by atoms with Crippen LogP contribution in [0.25, 0.3) is 0 Å². The number of imide groups is 1. The van der Waals surface area contributed by atoms with Gasteiger partial charge in [-0.25, -0.2) is 5.01 Å². The van der Waals surface area contributed by atoms with Crippen LogP contribution in [0.3, 0.4) is 0 Å². The summed E-state index contributed by atoms with van der Waals surface area (Å²) >= 11 is 12.1. The molecule has 5 aliphatic rings. The number of rotatable bonds is 6. The Hall–Kier alpha value is -3.56. The molecule has 3 fully saturated rings. The molecule has 1 heterocycles. The lowest BCUT2D eigenvalue weighted by Crippen LogP contribution is -2.52. The zero-order valence-corrected chi connectivity index (χ0v) is 20.6. The van der Waals surface area contributed by atoms with Gasteiger partial charge in [-0.05, 0) is 48.3 Å². The fourth-order valence-corrected chi connectivity index (χ4v) is 6.51. The Labute approximate surface area is 220 Å².